The van der Waals surface area contributed by atoms with Crippen LogP contribution in [-0.4, -0.2) is 43.0 Å². The van der Waals surface area contributed by atoms with E-state index in [-0.39, 0.29) is 11.3 Å². The smallest absolute Gasteiger partial charge is 0.259 e. The van der Waals surface area contributed by atoms with E-state index in [9.17, 15) is 4.79 Å². The van der Waals surface area contributed by atoms with Gasteiger partial charge < -0.3 is 15.4 Å². The van der Waals surface area contributed by atoms with Crippen molar-refractivity contribution in [3.8, 4) is 5.88 Å². The van der Waals surface area contributed by atoms with Gasteiger partial charge in [0.1, 0.15) is 5.56 Å². The molecule has 1 amide bonds. The molecule has 18 heavy (non-hydrogen) atoms. The third kappa shape index (κ3) is 3.43. The van der Waals surface area contributed by atoms with Crippen LogP contribution < -0.4 is 10.5 Å². The maximum atomic E-state index is 12.3. The highest BCUT2D eigenvalue weighted by molar-refractivity contribution is 5.96. The summed E-state index contributed by atoms with van der Waals surface area (Å²) in [4.78, 5) is 18.0. The van der Waals surface area contributed by atoms with E-state index in [0.29, 0.717) is 24.5 Å². The quantitative estimate of drug-likeness (QED) is 0.852. The van der Waals surface area contributed by atoms with Crippen LogP contribution in [0.25, 0.3) is 0 Å². The topological polar surface area (TPSA) is 68.5 Å². The first kappa shape index (κ1) is 14.4. The minimum absolute atomic E-state index is 0.110. The van der Waals surface area contributed by atoms with Gasteiger partial charge in [-0.05, 0) is 24.1 Å². The first-order chi connectivity index (χ1) is 8.41. The van der Waals surface area contributed by atoms with Crippen molar-refractivity contribution in [2.45, 2.75) is 13.8 Å². The van der Waals surface area contributed by atoms with E-state index < -0.39 is 0 Å². The summed E-state index contributed by atoms with van der Waals surface area (Å²) in [6, 6.07) is 3.43. The van der Waals surface area contributed by atoms with Crippen LogP contribution in [0.15, 0.2) is 18.3 Å². The molecule has 0 aliphatic heterocycles. The van der Waals surface area contributed by atoms with Crippen molar-refractivity contribution in [2.24, 2.45) is 11.1 Å². The minimum atomic E-state index is -0.111. The molecular formula is C13H21N3O2. The third-order valence-corrected chi connectivity index (χ3v) is 2.76. The molecule has 1 aromatic rings. The van der Waals surface area contributed by atoms with E-state index in [1.165, 1.54) is 7.11 Å². The minimum Gasteiger partial charge on any atom is -0.480 e. The number of amides is 1. The molecule has 2 N–H and O–H groups in total. The fourth-order valence-electron chi connectivity index (χ4n) is 1.70. The summed E-state index contributed by atoms with van der Waals surface area (Å²) in [5.74, 6) is 0.237. The standard InChI is InChI=1S/C13H21N3O2/c1-13(2,8-14)9-16(3)12(17)10-6-5-7-15-11(10)18-4/h5-7H,8-9,14H2,1-4H3. The summed E-state index contributed by atoms with van der Waals surface area (Å²) < 4.78 is 5.09. The first-order valence-corrected chi connectivity index (χ1v) is 5.86. The summed E-state index contributed by atoms with van der Waals surface area (Å²) in [6.07, 6.45) is 1.60. The van der Waals surface area contributed by atoms with Crippen LogP contribution in [0.4, 0.5) is 0 Å². The highest BCUT2D eigenvalue weighted by atomic mass is 16.5. The molecule has 1 aromatic heterocycles. The summed E-state index contributed by atoms with van der Waals surface area (Å²) in [5.41, 5.74) is 6.03. The summed E-state index contributed by atoms with van der Waals surface area (Å²) in [5, 5.41) is 0. The van der Waals surface area contributed by atoms with Crippen LogP contribution in [-0.2, 0) is 0 Å². The Balaban J connectivity index is 2.87. The zero-order valence-corrected chi connectivity index (χ0v) is 11.4. The van der Waals surface area contributed by atoms with E-state index in [1.807, 2.05) is 13.8 Å². The molecule has 0 radical (unpaired) electrons. The molecule has 1 heterocycles. The average Bonchev–Trinajstić information content (AvgIpc) is 2.37. The van der Waals surface area contributed by atoms with Gasteiger partial charge >= 0.3 is 0 Å². The molecule has 0 spiro atoms. The molecule has 0 aromatic carbocycles. The van der Waals surface area contributed by atoms with Crippen molar-refractivity contribution < 1.29 is 9.53 Å². The molecule has 100 valence electrons. The number of carbonyl (C=O) groups is 1. The van der Waals surface area contributed by atoms with Crippen molar-refractivity contribution in [1.82, 2.24) is 9.88 Å². The molecule has 0 saturated carbocycles. The Bertz CT molecular complexity index is 418. The number of nitrogens with two attached hydrogens (primary N) is 1. The molecule has 0 unspecified atom stereocenters. The van der Waals surface area contributed by atoms with Crippen molar-refractivity contribution in [1.29, 1.82) is 0 Å². The summed E-state index contributed by atoms with van der Waals surface area (Å²) >= 11 is 0. The van der Waals surface area contributed by atoms with Crippen LogP contribution in [0.5, 0.6) is 5.88 Å². The second kappa shape index (κ2) is 5.82. The van der Waals surface area contributed by atoms with Gasteiger partial charge in [-0.25, -0.2) is 4.98 Å². The monoisotopic (exact) mass is 251 g/mol. The number of carbonyl (C=O) groups excluding carboxylic acids is 1. The highest BCUT2D eigenvalue weighted by Crippen LogP contribution is 2.19. The van der Waals surface area contributed by atoms with Crippen LogP contribution in [0, 0.1) is 5.41 Å². The number of pyridine rings is 1. The highest BCUT2D eigenvalue weighted by Gasteiger charge is 2.23. The Morgan fingerprint density at radius 2 is 2.22 bits per heavy atom. The van der Waals surface area contributed by atoms with Gasteiger partial charge in [-0.3, -0.25) is 4.79 Å². The van der Waals surface area contributed by atoms with Gasteiger partial charge in [0.2, 0.25) is 5.88 Å². The molecule has 0 aliphatic carbocycles. The molecule has 0 bridgehead atoms. The van der Waals surface area contributed by atoms with E-state index in [2.05, 4.69) is 4.98 Å². The fourth-order valence-corrected chi connectivity index (χ4v) is 1.70. The van der Waals surface area contributed by atoms with Crippen molar-refractivity contribution >= 4 is 5.91 Å². The number of hydrogen-bond donors (Lipinski definition) is 1. The van der Waals surface area contributed by atoms with Crippen LogP contribution >= 0.6 is 0 Å². The maximum absolute atomic E-state index is 12.3. The second-order valence-electron chi connectivity index (χ2n) is 5.09. The summed E-state index contributed by atoms with van der Waals surface area (Å²) in [6.45, 7) is 5.16. The molecule has 5 heteroatoms. The van der Waals surface area contributed by atoms with Gasteiger partial charge in [0.05, 0.1) is 7.11 Å². The summed E-state index contributed by atoms with van der Waals surface area (Å²) in [7, 11) is 3.26. The van der Waals surface area contributed by atoms with Crippen molar-refractivity contribution in [3.05, 3.63) is 23.9 Å². The average molecular weight is 251 g/mol. The molecule has 0 aliphatic rings. The molecule has 0 saturated heterocycles. The van der Waals surface area contributed by atoms with Crippen LogP contribution in [0.2, 0.25) is 0 Å². The lowest BCUT2D eigenvalue weighted by molar-refractivity contribution is 0.0736. The molecule has 1 rings (SSSR count). The number of rotatable bonds is 5. The van der Waals surface area contributed by atoms with Gasteiger partial charge in [0.15, 0.2) is 0 Å². The lowest BCUT2D eigenvalue weighted by Gasteiger charge is -2.29. The van der Waals surface area contributed by atoms with Crippen molar-refractivity contribution in [3.63, 3.8) is 0 Å². The molecule has 5 nitrogen and oxygen atoms in total. The zero-order valence-electron chi connectivity index (χ0n) is 11.4. The predicted molar refractivity (Wildman–Crippen MR) is 70.6 cm³/mol. The molecule has 0 atom stereocenters. The van der Waals surface area contributed by atoms with Gasteiger partial charge in [-0.1, -0.05) is 13.8 Å². The Kier molecular flexibility index (Phi) is 4.67. The van der Waals surface area contributed by atoms with Gasteiger partial charge in [-0.2, -0.15) is 0 Å². The van der Waals surface area contributed by atoms with E-state index in [0.717, 1.165) is 0 Å². The van der Waals surface area contributed by atoms with E-state index in [4.69, 9.17) is 10.5 Å². The Morgan fingerprint density at radius 1 is 1.56 bits per heavy atom. The molecular weight excluding hydrogens is 230 g/mol. The Hall–Kier alpha value is -1.62. The zero-order chi connectivity index (χ0) is 13.8. The van der Waals surface area contributed by atoms with E-state index in [1.54, 1.807) is 30.3 Å². The lowest BCUT2D eigenvalue weighted by atomic mass is 9.93. The van der Waals surface area contributed by atoms with Crippen LogP contribution in [0.1, 0.15) is 24.2 Å². The number of hydrogen-bond acceptors (Lipinski definition) is 4. The maximum Gasteiger partial charge on any atom is 0.259 e. The predicted octanol–water partition coefficient (Wildman–Crippen LogP) is 1.15. The largest absolute Gasteiger partial charge is 0.480 e. The first-order valence-electron chi connectivity index (χ1n) is 5.86. The SMILES string of the molecule is COc1ncccc1C(=O)N(C)CC(C)(C)CN. The van der Waals surface area contributed by atoms with Crippen LogP contribution in [0.3, 0.4) is 0 Å². The molecule has 0 fully saturated rings. The van der Waals surface area contributed by atoms with E-state index >= 15 is 0 Å². The Labute approximate surface area is 108 Å². The van der Waals surface area contributed by atoms with Gasteiger partial charge in [-0.15, -0.1) is 0 Å². The third-order valence-electron chi connectivity index (χ3n) is 2.76. The number of methoxy groups -OCH3 is 1. The second-order valence-corrected chi connectivity index (χ2v) is 5.09. The van der Waals surface area contributed by atoms with Gasteiger partial charge in [0, 0.05) is 19.8 Å². The van der Waals surface area contributed by atoms with Gasteiger partial charge in [0.25, 0.3) is 5.91 Å². The number of ether oxygens (including phenoxy) is 1. The normalized spacial score (nSPS) is 11.2. The fraction of sp³-hybridized carbons (Fsp3) is 0.538. The Morgan fingerprint density at radius 3 is 2.78 bits per heavy atom. The number of aromatic nitrogens is 1. The van der Waals surface area contributed by atoms with Crippen molar-refractivity contribution in [2.75, 3.05) is 27.2 Å². The lowest BCUT2D eigenvalue weighted by Crippen LogP contribution is -2.39. The number of nitrogens with zero attached hydrogens (tertiary/aromatic N) is 2.